The quantitative estimate of drug-likeness (QED) is 0.792. The van der Waals surface area contributed by atoms with E-state index in [1.165, 1.54) is 11.1 Å². The minimum atomic E-state index is 0.180. The maximum Gasteiger partial charge on any atom is 0.236 e. The zero-order valence-electron chi connectivity index (χ0n) is 17.1. The van der Waals surface area contributed by atoms with Gasteiger partial charge >= 0.3 is 0 Å². The van der Waals surface area contributed by atoms with Crippen molar-refractivity contribution in [1.82, 2.24) is 19.6 Å². The third kappa shape index (κ3) is 4.57. The molecule has 0 bridgehead atoms. The van der Waals surface area contributed by atoms with Crippen molar-refractivity contribution >= 4 is 5.91 Å². The molecule has 4 rings (SSSR count). The predicted octanol–water partition coefficient (Wildman–Crippen LogP) is 0.359. The Morgan fingerprint density at radius 1 is 1.00 bits per heavy atom. The molecular formula is C22H34N4O2. The number of nitrogens with zero attached hydrogens (tertiary/aromatic N) is 4. The van der Waals surface area contributed by atoms with Gasteiger partial charge in [0, 0.05) is 71.4 Å². The van der Waals surface area contributed by atoms with E-state index in [0.717, 1.165) is 58.8 Å². The number of piperazine rings is 1. The van der Waals surface area contributed by atoms with Crippen molar-refractivity contribution in [2.24, 2.45) is 11.8 Å². The first-order valence-electron chi connectivity index (χ1n) is 10.7. The van der Waals surface area contributed by atoms with Crippen LogP contribution >= 0.6 is 0 Å². The summed E-state index contributed by atoms with van der Waals surface area (Å²) in [5.41, 5.74) is 2.77. The van der Waals surface area contributed by atoms with Gasteiger partial charge in [-0.25, -0.2) is 0 Å². The molecule has 3 aliphatic rings. The average Bonchev–Trinajstić information content (AvgIpc) is 3.12. The normalized spacial score (nSPS) is 27.1. The number of aliphatic hydroxyl groups excluding tert-OH is 1. The molecule has 0 saturated carbocycles. The largest absolute Gasteiger partial charge is 0.396 e. The lowest BCUT2D eigenvalue weighted by molar-refractivity contribution is -0.131. The molecule has 1 aromatic rings. The molecule has 2 fully saturated rings. The summed E-state index contributed by atoms with van der Waals surface area (Å²) in [5, 5.41) is 9.86. The highest BCUT2D eigenvalue weighted by Gasteiger charge is 2.36. The second-order valence-electron chi connectivity index (χ2n) is 8.83. The first-order chi connectivity index (χ1) is 13.6. The van der Waals surface area contributed by atoms with E-state index in [9.17, 15) is 9.90 Å². The Labute approximate surface area is 168 Å². The Morgan fingerprint density at radius 2 is 1.71 bits per heavy atom. The third-order valence-electron chi connectivity index (χ3n) is 6.82. The monoisotopic (exact) mass is 386 g/mol. The molecule has 0 radical (unpaired) electrons. The second-order valence-corrected chi connectivity index (χ2v) is 8.83. The van der Waals surface area contributed by atoms with Crippen LogP contribution in [-0.4, -0.2) is 103 Å². The second kappa shape index (κ2) is 8.91. The number of carbonyl (C=O) groups is 1. The van der Waals surface area contributed by atoms with Crippen molar-refractivity contribution in [3.63, 3.8) is 0 Å². The molecular weight excluding hydrogens is 352 g/mol. The lowest BCUT2D eigenvalue weighted by Gasteiger charge is -2.34. The van der Waals surface area contributed by atoms with Crippen molar-refractivity contribution in [3.8, 4) is 0 Å². The number of fused-ring (bicyclic) bond motifs is 1. The van der Waals surface area contributed by atoms with Crippen molar-refractivity contribution in [3.05, 3.63) is 35.4 Å². The Morgan fingerprint density at radius 3 is 2.46 bits per heavy atom. The molecule has 6 nitrogen and oxygen atoms in total. The van der Waals surface area contributed by atoms with Gasteiger partial charge < -0.3 is 19.8 Å². The van der Waals surface area contributed by atoms with E-state index in [4.69, 9.17) is 0 Å². The number of benzene rings is 1. The molecule has 0 spiro atoms. The molecule has 0 unspecified atom stereocenters. The number of aliphatic hydroxyl groups is 1. The Kier molecular flexibility index (Phi) is 6.31. The molecule has 3 heterocycles. The number of rotatable bonds is 5. The highest BCUT2D eigenvalue weighted by atomic mass is 16.3. The van der Waals surface area contributed by atoms with E-state index in [1.54, 1.807) is 0 Å². The lowest BCUT2D eigenvalue weighted by Crippen LogP contribution is -2.47. The SMILES string of the molecule is CN1CCN(C[C@@H]2CN(C(=O)CN3CCc4ccccc4C3)C[C@@H]2CO)CC1. The van der Waals surface area contributed by atoms with E-state index < -0.39 is 0 Å². The van der Waals surface area contributed by atoms with E-state index in [0.29, 0.717) is 19.0 Å². The van der Waals surface area contributed by atoms with Crippen molar-refractivity contribution in [2.75, 3.05) is 72.6 Å². The fourth-order valence-electron chi connectivity index (χ4n) is 4.90. The molecule has 1 aromatic carbocycles. The minimum Gasteiger partial charge on any atom is -0.396 e. The van der Waals surface area contributed by atoms with E-state index in [-0.39, 0.29) is 18.4 Å². The van der Waals surface area contributed by atoms with Crippen molar-refractivity contribution in [2.45, 2.75) is 13.0 Å². The molecule has 6 heteroatoms. The molecule has 2 atom stereocenters. The maximum atomic E-state index is 13.0. The van der Waals surface area contributed by atoms with Crippen LogP contribution in [0.25, 0.3) is 0 Å². The van der Waals surface area contributed by atoms with Gasteiger partial charge in [0.2, 0.25) is 5.91 Å². The number of likely N-dealkylation sites (tertiary alicyclic amines) is 1. The predicted molar refractivity (Wildman–Crippen MR) is 110 cm³/mol. The number of carbonyl (C=O) groups excluding carboxylic acids is 1. The van der Waals surface area contributed by atoms with Gasteiger partial charge in [0.05, 0.1) is 6.54 Å². The van der Waals surface area contributed by atoms with Crippen LogP contribution in [0.2, 0.25) is 0 Å². The topological polar surface area (TPSA) is 50.3 Å². The lowest BCUT2D eigenvalue weighted by atomic mass is 9.96. The zero-order valence-corrected chi connectivity index (χ0v) is 17.1. The van der Waals surface area contributed by atoms with E-state index in [1.807, 2.05) is 4.90 Å². The van der Waals surface area contributed by atoms with Crippen molar-refractivity contribution < 1.29 is 9.90 Å². The highest BCUT2D eigenvalue weighted by molar-refractivity contribution is 5.78. The van der Waals surface area contributed by atoms with Crippen LogP contribution in [0.3, 0.4) is 0 Å². The standard InChI is InChI=1S/C22H34N4O2/c1-23-8-10-24(11-9-23)13-20-14-26(15-21(20)17-27)22(28)16-25-7-6-18-4-2-3-5-19(18)12-25/h2-5,20-21,27H,6-17H2,1H3/t20-,21-/m1/s1. The smallest absolute Gasteiger partial charge is 0.236 e. The van der Waals surface area contributed by atoms with Gasteiger partial charge in [0.15, 0.2) is 0 Å². The van der Waals surface area contributed by atoms with Crippen LogP contribution in [0.1, 0.15) is 11.1 Å². The zero-order chi connectivity index (χ0) is 19.5. The summed E-state index contributed by atoms with van der Waals surface area (Å²) >= 11 is 0. The summed E-state index contributed by atoms with van der Waals surface area (Å²) in [6, 6.07) is 8.55. The first-order valence-corrected chi connectivity index (χ1v) is 10.7. The molecule has 1 amide bonds. The molecule has 2 saturated heterocycles. The minimum absolute atomic E-state index is 0.180. The fraction of sp³-hybridized carbons (Fsp3) is 0.682. The molecule has 3 aliphatic heterocycles. The van der Waals surface area contributed by atoms with Crippen LogP contribution in [0.15, 0.2) is 24.3 Å². The summed E-state index contributed by atoms with van der Waals surface area (Å²) in [4.78, 5) is 22.1. The molecule has 0 aromatic heterocycles. The van der Waals surface area contributed by atoms with Crippen LogP contribution in [0.4, 0.5) is 0 Å². The van der Waals surface area contributed by atoms with Gasteiger partial charge in [0.1, 0.15) is 0 Å². The van der Waals surface area contributed by atoms with Crippen LogP contribution in [0.5, 0.6) is 0 Å². The van der Waals surface area contributed by atoms with Gasteiger partial charge in [-0.3, -0.25) is 9.69 Å². The van der Waals surface area contributed by atoms with Crippen LogP contribution in [-0.2, 0) is 17.8 Å². The summed E-state index contributed by atoms with van der Waals surface area (Å²) < 4.78 is 0. The summed E-state index contributed by atoms with van der Waals surface area (Å²) in [5.74, 6) is 0.823. The van der Waals surface area contributed by atoms with Gasteiger partial charge in [-0.2, -0.15) is 0 Å². The average molecular weight is 387 g/mol. The summed E-state index contributed by atoms with van der Waals surface area (Å²) in [6.07, 6.45) is 1.02. The maximum absolute atomic E-state index is 13.0. The van der Waals surface area contributed by atoms with Crippen molar-refractivity contribution in [1.29, 1.82) is 0 Å². The van der Waals surface area contributed by atoms with Crippen LogP contribution in [0, 0.1) is 11.8 Å². The molecule has 28 heavy (non-hydrogen) atoms. The van der Waals surface area contributed by atoms with E-state index >= 15 is 0 Å². The van der Waals surface area contributed by atoms with Gasteiger partial charge in [-0.1, -0.05) is 24.3 Å². The fourth-order valence-corrected chi connectivity index (χ4v) is 4.90. The van der Waals surface area contributed by atoms with Crippen LogP contribution < -0.4 is 0 Å². The van der Waals surface area contributed by atoms with Gasteiger partial charge in [0.25, 0.3) is 0 Å². The van der Waals surface area contributed by atoms with Gasteiger partial charge in [-0.05, 0) is 30.5 Å². The number of hydrogen-bond donors (Lipinski definition) is 1. The van der Waals surface area contributed by atoms with E-state index in [2.05, 4.69) is 46.0 Å². The molecule has 154 valence electrons. The molecule has 0 aliphatic carbocycles. The first kappa shape index (κ1) is 19.8. The number of likely N-dealkylation sites (N-methyl/N-ethyl adjacent to an activating group) is 1. The molecule has 1 N–H and O–H groups in total. The Bertz CT molecular complexity index is 674. The summed E-state index contributed by atoms with van der Waals surface area (Å²) in [6.45, 7) is 9.38. The summed E-state index contributed by atoms with van der Waals surface area (Å²) in [7, 11) is 2.17. The highest BCUT2D eigenvalue weighted by Crippen LogP contribution is 2.25. The van der Waals surface area contributed by atoms with Gasteiger partial charge in [-0.15, -0.1) is 0 Å². The number of amides is 1. The third-order valence-corrected chi connectivity index (χ3v) is 6.82. The Balaban J connectivity index is 1.30. The Hall–Kier alpha value is -1.47. The number of hydrogen-bond acceptors (Lipinski definition) is 5.